The molecule has 2 amide bonds. The first kappa shape index (κ1) is 20.5. The molecule has 1 aliphatic carbocycles. The summed E-state index contributed by atoms with van der Waals surface area (Å²) in [5.74, 6) is 0.924. The van der Waals surface area contributed by atoms with Gasteiger partial charge < -0.3 is 9.80 Å². The van der Waals surface area contributed by atoms with E-state index >= 15 is 0 Å². The van der Waals surface area contributed by atoms with E-state index in [-0.39, 0.29) is 17.1 Å². The van der Waals surface area contributed by atoms with Gasteiger partial charge >= 0.3 is 6.03 Å². The first-order chi connectivity index (χ1) is 11.7. The maximum atomic E-state index is 12.2. The molecule has 0 N–H and O–H groups in total. The van der Waals surface area contributed by atoms with Gasteiger partial charge in [-0.3, -0.25) is 9.80 Å². The molecule has 3 fully saturated rings. The summed E-state index contributed by atoms with van der Waals surface area (Å²) in [6.07, 6.45) is 5.04. The van der Waals surface area contributed by atoms with Crippen LogP contribution in [0.3, 0.4) is 0 Å². The Hall–Kier alpha value is -0.810. The number of hydrogen-bond donors (Lipinski definition) is 0. The van der Waals surface area contributed by atoms with Crippen molar-refractivity contribution in [2.45, 2.75) is 64.5 Å². The van der Waals surface area contributed by atoms with Gasteiger partial charge in [0, 0.05) is 57.9 Å². The van der Waals surface area contributed by atoms with Gasteiger partial charge in [-0.25, -0.2) is 4.79 Å². The van der Waals surface area contributed by atoms with Crippen LogP contribution in [0.2, 0.25) is 0 Å². The van der Waals surface area contributed by atoms with Crippen molar-refractivity contribution in [3.8, 4) is 0 Å². The molecule has 5 heteroatoms. The van der Waals surface area contributed by atoms with Gasteiger partial charge in [0.1, 0.15) is 0 Å². The second-order valence-corrected chi connectivity index (χ2v) is 8.88. The van der Waals surface area contributed by atoms with Crippen molar-refractivity contribution in [1.29, 1.82) is 0 Å². The topological polar surface area (TPSA) is 30.0 Å². The molecule has 0 radical (unpaired) electrons. The molecule has 0 unspecified atom stereocenters. The first-order valence-corrected chi connectivity index (χ1v) is 10.2. The minimum absolute atomic E-state index is 0.165. The quantitative estimate of drug-likeness (QED) is 0.765. The Bertz CT molecular complexity index is 451. The Morgan fingerprint density at radius 3 is 2.12 bits per heavy atom. The van der Waals surface area contributed by atoms with Crippen molar-refractivity contribution < 1.29 is 4.79 Å². The summed E-state index contributed by atoms with van der Waals surface area (Å²) in [5.41, 5.74) is 0.521. The molecule has 3 aliphatic rings. The van der Waals surface area contributed by atoms with Gasteiger partial charge in [-0.1, -0.05) is 13.8 Å². The number of piperidine rings is 1. The number of nitrogens with zero attached hydrogens (tertiary/aromatic N) is 4. The summed E-state index contributed by atoms with van der Waals surface area (Å²) in [4.78, 5) is 21.3. The summed E-state index contributed by atoms with van der Waals surface area (Å²) in [6, 6.07) is 0.165. The first-order valence-electron chi connectivity index (χ1n) is 10.2. The largest absolute Gasteiger partial charge is 0.331 e. The van der Waals surface area contributed by atoms with Crippen molar-refractivity contribution in [1.82, 2.24) is 19.6 Å². The van der Waals surface area contributed by atoms with Gasteiger partial charge in [0.15, 0.2) is 0 Å². The molecule has 2 heterocycles. The minimum Gasteiger partial charge on any atom is -0.331 e. The van der Waals surface area contributed by atoms with E-state index in [1.807, 2.05) is 32.8 Å². The van der Waals surface area contributed by atoms with Gasteiger partial charge in [0.25, 0.3) is 0 Å². The summed E-state index contributed by atoms with van der Waals surface area (Å²) >= 11 is 0. The van der Waals surface area contributed by atoms with Crippen molar-refractivity contribution in [3.05, 3.63) is 0 Å². The molecule has 0 aromatic heterocycles. The number of amides is 2. The Morgan fingerprint density at radius 2 is 1.64 bits per heavy atom. The third-order valence-corrected chi connectivity index (χ3v) is 6.34. The van der Waals surface area contributed by atoms with Crippen LogP contribution in [0.4, 0.5) is 4.79 Å². The van der Waals surface area contributed by atoms with Gasteiger partial charge in [-0.15, -0.1) is 0 Å². The smallest absolute Gasteiger partial charge is 0.319 e. The zero-order valence-electron chi connectivity index (χ0n) is 17.6. The SMILES string of the molecule is CC.CN(C)C(=O)N1CCC2(CC1)CN(C)C(C)(C)CN2CC1CC1. The summed E-state index contributed by atoms with van der Waals surface area (Å²) in [5, 5.41) is 0. The van der Waals surface area contributed by atoms with Gasteiger partial charge in [0.2, 0.25) is 0 Å². The van der Waals surface area contributed by atoms with Gasteiger partial charge in [-0.05, 0) is 52.5 Å². The highest BCUT2D eigenvalue weighted by molar-refractivity contribution is 5.73. The molecule has 3 rings (SSSR count). The van der Waals surface area contributed by atoms with Crippen LogP contribution in [0.25, 0.3) is 0 Å². The van der Waals surface area contributed by atoms with Gasteiger partial charge in [-0.2, -0.15) is 0 Å². The fourth-order valence-corrected chi connectivity index (χ4v) is 4.25. The second kappa shape index (κ2) is 7.83. The van der Waals surface area contributed by atoms with Gasteiger partial charge in [0.05, 0.1) is 0 Å². The Balaban J connectivity index is 0.00000109. The van der Waals surface area contributed by atoms with Crippen molar-refractivity contribution in [3.63, 3.8) is 0 Å². The number of rotatable bonds is 2. The highest BCUT2D eigenvalue weighted by Crippen LogP contribution is 2.40. The lowest BCUT2D eigenvalue weighted by molar-refractivity contribution is -0.0838. The third kappa shape index (κ3) is 4.48. The van der Waals surface area contributed by atoms with Crippen LogP contribution in [0.1, 0.15) is 53.4 Å². The fraction of sp³-hybridized carbons (Fsp3) is 0.950. The molecular formula is C20H40N4O. The second-order valence-electron chi connectivity index (χ2n) is 8.88. The van der Waals surface area contributed by atoms with Crippen molar-refractivity contribution in [2.75, 3.05) is 53.9 Å². The van der Waals surface area contributed by atoms with Crippen LogP contribution in [-0.2, 0) is 0 Å². The van der Waals surface area contributed by atoms with Crippen LogP contribution in [0.15, 0.2) is 0 Å². The molecule has 146 valence electrons. The number of piperazine rings is 1. The molecular weight excluding hydrogens is 312 g/mol. The Labute approximate surface area is 155 Å². The van der Waals surface area contributed by atoms with E-state index < -0.39 is 0 Å². The summed E-state index contributed by atoms with van der Waals surface area (Å²) in [7, 11) is 5.97. The molecule has 5 nitrogen and oxygen atoms in total. The maximum absolute atomic E-state index is 12.2. The Kier molecular flexibility index (Phi) is 6.42. The summed E-state index contributed by atoms with van der Waals surface area (Å²) in [6.45, 7) is 14.1. The third-order valence-electron chi connectivity index (χ3n) is 6.34. The predicted molar refractivity (Wildman–Crippen MR) is 105 cm³/mol. The molecule has 2 saturated heterocycles. The van der Waals surface area contributed by atoms with Crippen molar-refractivity contribution in [2.24, 2.45) is 5.92 Å². The number of hydrogen-bond acceptors (Lipinski definition) is 3. The maximum Gasteiger partial charge on any atom is 0.319 e. The number of carbonyl (C=O) groups is 1. The highest BCUT2D eigenvalue weighted by Gasteiger charge is 2.49. The number of carbonyl (C=O) groups excluding carboxylic acids is 1. The highest BCUT2D eigenvalue weighted by atomic mass is 16.2. The fourth-order valence-electron chi connectivity index (χ4n) is 4.25. The molecule has 0 aromatic carbocycles. The lowest BCUT2D eigenvalue weighted by Crippen LogP contribution is -2.71. The van der Waals surface area contributed by atoms with Crippen LogP contribution in [-0.4, -0.2) is 90.6 Å². The van der Waals surface area contributed by atoms with Crippen LogP contribution < -0.4 is 0 Å². The number of urea groups is 1. The normalized spacial score (nSPS) is 26.1. The van der Waals surface area contributed by atoms with Crippen LogP contribution >= 0.6 is 0 Å². The van der Waals surface area contributed by atoms with E-state index in [1.54, 1.807) is 4.90 Å². The standard InChI is InChI=1S/C18H34N4O.C2H6/c1-17(2)13-22(12-15-6-7-15)18(14-20(17)5)8-10-21(11-9-18)16(23)19(3)4;1-2/h15H,6-14H2,1-5H3;1-2H3. The molecule has 25 heavy (non-hydrogen) atoms. The van der Waals surface area contributed by atoms with E-state index in [9.17, 15) is 4.79 Å². The number of likely N-dealkylation sites (tertiary alicyclic amines) is 1. The predicted octanol–water partition coefficient (Wildman–Crippen LogP) is 2.96. The van der Waals surface area contributed by atoms with E-state index in [4.69, 9.17) is 0 Å². The molecule has 1 saturated carbocycles. The van der Waals surface area contributed by atoms with Crippen LogP contribution in [0, 0.1) is 5.92 Å². The molecule has 0 bridgehead atoms. The van der Waals surface area contributed by atoms with Crippen molar-refractivity contribution >= 4 is 6.03 Å². The molecule has 0 aromatic rings. The summed E-state index contributed by atoms with van der Waals surface area (Å²) < 4.78 is 0. The van der Waals surface area contributed by atoms with E-state index in [0.29, 0.717) is 0 Å². The molecule has 2 aliphatic heterocycles. The molecule has 0 atom stereocenters. The van der Waals surface area contributed by atoms with E-state index in [1.165, 1.54) is 19.4 Å². The number of likely N-dealkylation sites (N-methyl/N-ethyl adjacent to an activating group) is 1. The molecule has 1 spiro atoms. The Morgan fingerprint density at radius 1 is 1.08 bits per heavy atom. The zero-order chi connectivity index (χ0) is 18.8. The minimum atomic E-state index is 0.165. The lowest BCUT2D eigenvalue weighted by Gasteiger charge is -2.59. The zero-order valence-corrected chi connectivity index (χ0v) is 17.6. The van der Waals surface area contributed by atoms with Crippen LogP contribution in [0.5, 0.6) is 0 Å². The lowest BCUT2D eigenvalue weighted by atomic mass is 9.79. The average Bonchev–Trinajstić information content (AvgIpc) is 3.39. The average molecular weight is 353 g/mol. The van der Waals surface area contributed by atoms with E-state index in [2.05, 4.69) is 30.7 Å². The monoisotopic (exact) mass is 352 g/mol. The van der Waals surface area contributed by atoms with E-state index in [0.717, 1.165) is 44.9 Å².